The van der Waals surface area contributed by atoms with Crippen molar-refractivity contribution >= 4 is 8.32 Å². The first-order valence-corrected chi connectivity index (χ1v) is 23.7. The van der Waals surface area contributed by atoms with Crippen LogP contribution in [0.1, 0.15) is 91.9 Å². The zero-order valence-electron chi connectivity index (χ0n) is 35.2. The molecule has 0 bridgehead atoms. The molecule has 53 heavy (non-hydrogen) atoms. The Balaban J connectivity index is 3.11. The fraction of sp³-hybridized carbons (Fsp3) is 1.00. The molecule has 0 radical (unpaired) electrons. The van der Waals surface area contributed by atoms with Gasteiger partial charge < -0.3 is 56.5 Å². The molecule has 0 unspecified atom stereocenters. The van der Waals surface area contributed by atoms with Gasteiger partial charge in [-0.2, -0.15) is 0 Å². The van der Waals surface area contributed by atoms with Crippen molar-refractivity contribution in [3.63, 3.8) is 0 Å². The third-order valence-corrected chi connectivity index (χ3v) is 13.4. The van der Waals surface area contributed by atoms with Crippen LogP contribution in [0.25, 0.3) is 0 Å². The van der Waals surface area contributed by atoms with Crippen molar-refractivity contribution in [1.82, 2.24) is 0 Å². The molecule has 0 saturated heterocycles. The minimum atomic E-state index is -1.70. The monoisotopic (exact) mass is 785 g/mol. The molecule has 0 fully saturated rings. The molecular formula is C40H84O12Si. The molecule has 0 rings (SSSR count). The van der Waals surface area contributed by atoms with Crippen LogP contribution in [0.5, 0.6) is 0 Å². The first-order valence-electron chi connectivity index (χ1n) is 20.8. The lowest BCUT2D eigenvalue weighted by Crippen LogP contribution is -2.41. The Bertz CT molecular complexity index is 699. The molecule has 0 heterocycles. The molecule has 0 aromatic heterocycles. The molecule has 13 heteroatoms. The first-order chi connectivity index (χ1) is 25.8. The summed E-state index contributed by atoms with van der Waals surface area (Å²) >= 11 is 0. The van der Waals surface area contributed by atoms with E-state index >= 15 is 0 Å². The largest absolute Gasteiger partial charge is 0.414 e. The van der Waals surface area contributed by atoms with Crippen LogP contribution >= 0.6 is 0 Å². The molecule has 320 valence electrons. The molecule has 0 aromatic rings. The highest BCUT2D eigenvalue weighted by Crippen LogP contribution is 2.36. The van der Waals surface area contributed by atoms with E-state index in [0.29, 0.717) is 145 Å². The molecule has 0 N–H and O–H groups in total. The van der Waals surface area contributed by atoms with E-state index < -0.39 is 8.32 Å². The predicted molar refractivity (Wildman–Crippen MR) is 214 cm³/mol. The van der Waals surface area contributed by atoms with Crippen molar-refractivity contribution in [2.24, 2.45) is 0 Å². The second-order valence-corrected chi connectivity index (χ2v) is 19.3. The summed E-state index contributed by atoms with van der Waals surface area (Å²) < 4.78 is 67.1. The maximum absolute atomic E-state index is 6.09. The van der Waals surface area contributed by atoms with Gasteiger partial charge in [-0.1, -0.05) is 85.5 Å². The summed E-state index contributed by atoms with van der Waals surface area (Å²) in [6.45, 7) is 26.4. The summed E-state index contributed by atoms with van der Waals surface area (Å²) in [5, 5.41) is 0.218. The number of unbranched alkanes of at least 4 members (excludes halogenated alkanes) is 9. The van der Waals surface area contributed by atoms with Crippen molar-refractivity contribution < 1.29 is 56.5 Å². The summed E-state index contributed by atoms with van der Waals surface area (Å²) in [4.78, 5) is 0. The molecule has 0 amide bonds. The van der Waals surface area contributed by atoms with E-state index in [2.05, 4.69) is 40.8 Å². The molecule has 0 aliphatic heterocycles. The Morgan fingerprint density at radius 2 is 0.491 bits per heavy atom. The molecule has 0 aromatic carbocycles. The Morgan fingerprint density at radius 1 is 0.283 bits per heavy atom. The van der Waals surface area contributed by atoms with Gasteiger partial charge >= 0.3 is 0 Å². The smallest absolute Gasteiger partial charge is 0.192 e. The second-order valence-electron chi connectivity index (χ2n) is 14.5. The molecular weight excluding hydrogens is 701 g/mol. The molecule has 0 saturated carbocycles. The van der Waals surface area contributed by atoms with Gasteiger partial charge in [-0.05, 0) is 24.6 Å². The third-order valence-electron chi connectivity index (χ3n) is 8.86. The molecule has 0 aliphatic carbocycles. The maximum atomic E-state index is 6.09. The van der Waals surface area contributed by atoms with Crippen LogP contribution in [0, 0.1) is 0 Å². The van der Waals surface area contributed by atoms with Gasteiger partial charge in [-0.25, -0.2) is 0 Å². The van der Waals surface area contributed by atoms with E-state index in [1.807, 2.05) is 0 Å². The summed E-state index contributed by atoms with van der Waals surface area (Å²) in [7, 11) is -1.70. The summed E-state index contributed by atoms with van der Waals surface area (Å²) in [5.41, 5.74) is 0. The van der Waals surface area contributed by atoms with Gasteiger partial charge in [-0.15, -0.1) is 0 Å². The Morgan fingerprint density at radius 3 is 0.736 bits per heavy atom. The minimum Gasteiger partial charge on any atom is -0.414 e. The normalized spacial score (nSPS) is 12.3. The number of rotatable bonds is 45. The van der Waals surface area contributed by atoms with Crippen molar-refractivity contribution in [2.45, 2.75) is 110 Å². The predicted octanol–water partition coefficient (Wildman–Crippen LogP) is 7.11. The van der Waals surface area contributed by atoms with Crippen molar-refractivity contribution in [1.29, 1.82) is 0 Å². The van der Waals surface area contributed by atoms with Crippen LogP contribution in [0.4, 0.5) is 0 Å². The van der Waals surface area contributed by atoms with Crippen molar-refractivity contribution in [3.8, 4) is 0 Å². The fourth-order valence-corrected chi connectivity index (χ4v) is 5.59. The standard InChI is InChI=1S/C40H84O12Si/c1-7-8-9-10-11-12-13-14-15-16-17-41-18-19-42-20-21-43-22-23-44-24-25-45-26-27-46-28-29-47-30-31-48-32-33-49-34-35-50-36-37-51-38-39-52-53(5,6)40(2,3)4/h7-39H2,1-6H3. The van der Waals surface area contributed by atoms with Gasteiger partial charge in [0.25, 0.3) is 0 Å². The van der Waals surface area contributed by atoms with Crippen LogP contribution < -0.4 is 0 Å². The molecule has 12 nitrogen and oxygen atoms in total. The minimum absolute atomic E-state index is 0.218. The average molecular weight is 785 g/mol. The maximum Gasteiger partial charge on any atom is 0.192 e. The zero-order chi connectivity index (χ0) is 38.8. The van der Waals surface area contributed by atoms with Crippen molar-refractivity contribution in [2.75, 3.05) is 152 Å². The zero-order valence-corrected chi connectivity index (χ0v) is 36.2. The quantitative estimate of drug-likeness (QED) is 0.0464. The van der Waals surface area contributed by atoms with Crippen molar-refractivity contribution in [3.05, 3.63) is 0 Å². The Hall–Kier alpha value is -0.263. The number of hydrogen-bond donors (Lipinski definition) is 0. The van der Waals surface area contributed by atoms with E-state index in [9.17, 15) is 0 Å². The van der Waals surface area contributed by atoms with E-state index in [-0.39, 0.29) is 5.04 Å². The Labute approximate surface area is 326 Å². The molecule has 0 spiro atoms. The summed E-state index contributed by atoms with van der Waals surface area (Å²) in [6, 6.07) is 0. The highest BCUT2D eigenvalue weighted by Gasteiger charge is 2.36. The van der Waals surface area contributed by atoms with Gasteiger partial charge in [0, 0.05) is 6.61 Å². The topological polar surface area (TPSA) is 111 Å². The van der Waals surface area contributed by atoms with E-state index in [0.717, 1.165) is 13.0 Å². The van der Waals surface area contributed by atoms with Crippen LogP contribution in [0.15, 0.2) is 0 Å². The average Bonchev–Trinajstić information content (AvgIpc) is 3.13. The fourth-order valence-electron chi connectivity index (χ4n) is 4.57. The van der Waals surface area contributed by atoms with Gasteiger partial charge in [0.05, 0.1) is 145 Å². The van der Waals surface area contributed by atoms with Gasteiger partial charge in [0.1, 0.15) is 0 Å². The lowest BCUT2D eigenvalue weighted by atomic mass is 10.1. The summed E-state index contributed by atoms with van der Waals surface area (Å²) in [5.74, 6) is 0. The third kappa shape index (κ3) is 41.2. The van der Waals surface area contributed by atoms with Crippen LogP contribution in [0.3, 0.4) is 0 Å². The summed E-state index contributed by atoms with van der Waals surface area (Å²) in [6.07, 6.45) is 13.4. The highest BCUT2D eigenvalue weighted by molar-refractivity contribution is 6.74. The first kappa shape index (κ1) is 52.7. The van der Waals surface area contributed by atoms with Gasteiger partial charge in [0.15, 0.2) is 8.32 Å². The van der Waals surface area contributed by atoms with E-state index in [1.165, 1.54) is 57.8 Å². The SMILES string of the molecule is CCCCCCCCCCCCOCCOCCOCCOCCOCCOCCOCCOCCOCCOCCOCCO[Si](C)(C)C(C)(C)C. The molecule has 0 atom stereocenters. The number of ether oxygens (including phenoxy) is 11. The van der Waals surface area contributed by atoms with E-state index in [4.69, 9.17) is 56.5 Å². The number of hydrogen-bond acceptors (Lipinski definition) is 12. The van der Waals surface area contributed by atoms with Gasteiger partial charge in [0.2, 0.25) is 0 Å². The second kappa shape index (κ2) is 41.4. The van der Waals surface area contributed by atoms with E-state index in [1.54, 1.807) is 0 Å². The van der Waals surface area contributed by atoms with Gasteiger partial charge in [-0.3, -0.25) is 0 Å². The Kier molecular flexibility index (Phi) is 41.2. The lowest BCUT2D eigenvalue weighted by molar-refractivity contribution is -0.0278. The van der Waals surface area contributed by atoms with Crippen LogP contribution in [-0.4, -0.2) is 160 Å². The molecule has 0 aliphatic rings. The highest BCUT2D eigenvalue weighted by atomic mass is 28.4. The van der Waals surface area contributed by atoms with Crippen LogP contribution in [-0.2, 0) is 56.5 Å². The van der Waals surface area contributed by atoms with Crippen LogP contribution in [0.2, 0.25) is 18.1 Å². The lowest BCUT2D eigenvalue weighted by Gasteiger charge is -2.36.